The summed E-state index contributed by atoms with van der Waals surface area (Å²) in [6, 6.07) is 22.0. The first kappa shape index (κ1) is 21.1. The first-order chi connectivity index (χ1) is 15.6. The quantitative estimate of drug-likeness (QED) is 0.590. The molecular weight excluding hydrogens is 422 g/mol. The summed E-state index contributed by atoms with van der Waals surface area (Å²) < 4.78 is 6.38. The second-order valence-electron chi connectivity index (χ2n) is 8.59. The minimum atomic E-state index is -0.908. The zero-order valence-corrected chi connectivity index (χ0v) is 18.6. The van der Waals surface area contributed by atoms with Crippen LogP contribution in [0.2, 0.25) is 5.02 Å². The Morgan fingerprint density at radius 3 is 2.66 bits per heavy atom. The van der Waals surface area contributed by atoms with Crippen molar-refractivity contribution in [2.75, 3.05) is 26.2 Å². The highest BCUT2D eigenvalue weighted by atomic mass is 35.5. The van der Waals surface area contributed by atoms with Gasteiger partial charge in [0.15, 0.2) is 5.60 Å². The predicted molar refractivity (Wildman–Crippen MR) is 124 cm³/mol. The molecule has 3 aromatic rings. The van der Waals surface area contributed by atoms with Crippen LogP contribution in [0.15, 0.2) is 79.1 Å². The van der Waals surface area contributed by atoms with Gasteiger partial charge in [-0.25, -0.2) is 0 Å². The molecule has 0 N–H and O–H groups in total. The molecule has 2 saturated heterocycles. The van der Waals surface area contributed by atoms with Crippen LogP contribution in [0.4, 0.5) is 0 Å². The van der Waals surface area contributed by atoms with Gasteiger partial charge in [-0.1, -0.05) is 60.1 Å². The summed E-state index contributed by atoms with van der Waals surface area (Å²) in [5.74, 6) is -0.0171. The zero-order chi connectivity index (χ0) is 22.0. The van der Waals surface area contributed by atoms with Crippen molar-refractivity contribution in [3.63, 3.8) is 0 Å². The van der Waals surface area contributed by atoms with Gasteiger partial charge in [0.2, 0.25) is 0 Å². The summed E-state index contributed by atoms with van der Waals surface area (Å²) in [4.78, 5) is 22.5. The molecule has 0 unspecified atom stereocenters. The highest BCUT2D eigenvalue weighted by molar-refractivity contribution is 6.30. The third-order valence-corrected chi connectivity index (χ3v) is 6.67. The Kier molecular flexibility index (Phi) is 5.96. The van der Waals surface area contributed by atoms with Crippen molar-refractivity contribution in [1.29, 1.82) is 0 Å². The molecule has 5 rings (SSSR count). The number of carbonyl (C=O) groups is 1. The van der Waals surface area contributed by atoms with Crippen LogP contribution in [0.25, 0.3) is 0 Å². The van der Waals surface area contributed by atoms with Crippen LogP contribution in [-0.4, -0.2) is 52.5 Å². The minimum Gasteiger partial charge on any atom is -0.361 e. The van der Waals surface area contributed by atoms with Crippen LogP contribution in [0, 0.1) is 0 Å². The number of morpholine rings is 1. The van der Waals surface area contributed by atoms with Crippen molar-refractivity contribution in [3.05, 3.63) is 101 Å². The molecule has 2 aromatic carbocycles. The van der Waals surface area contributed by atoms with E-state index >= 15 is 0 Å². The lowest BCUT2D eigenvalue weighted by atomic mass is 9.83. The maximum atomic E-state index is 13.9. The summed E-state index contributed by atoms with van der Waals surface area (Å²) in [5, 5.41) is 0.722. The first-order valence-corrected chi connectivity index (χ1v) is 11.4. The summed E-state index contributed by atoms with van der Waals surface area (Å²) in [6.07, 6.45) is 3.63. The third-order valence-electron chi connectivity index (χ3n) is 6.43. The number of hydrogen-bond donors (Lipinski definition) is 0. The fourth-order valence-corrected chi connectivity index (χ4v) is 5.18. The Hall–Kier alpha value is -2.73. The maximum Gasteiger partial charge on any atom is 0.257 e. The molecule has 2 aliphatic heterocycles. The fraction of sp³-hybridized carbons (Fsp3) is 0.308. The Morgan fingerprint density at radius 2 is 1.88 bits per heavy atom. The molecule has 164 valence electrons. The Labute approximate surface area is 193 Å². The smallest absolute Gasteiger partial charge is 0.257 e. The van der Waals surface area contributed by atoms with Gasteiger partial charge in [0.05, 0.1) is 6.61 Å². The topological polar surface area (TPSA) is 45.7 Å². The van der Waals surface area contributed by atoms with Gasteiger partial charge in [0, 0.05) is 56.1 Å². The van der Waals surface area contributed by atoms with Gasteiger partial charge >= 0.3 is 0 Å². The SMILES string of the molecule is O=C1N(Cc2ccccc2)CCO[C@]12CN(Cc1cccc(Cl)c1)C[C@H]2c1cccnc1. The molecule has 2 fully saturated rings. The number of nitrogens with zero attached hydrogens (tertiary/aromatic N) is 3. The molecule has 0 radical (unpaired) electrons. The summed E-state index contributed by atoms with van der Waals surface area (Å²) >= 11 is 6.20. The van der Waals surface area contributed by atoms with Gasteiger partial charge in [-0.3, -0.25) is 14.7 Å². The van der Waals surface area contributed by atoms with Gasteiger partial charge in [-0.15, -0.1) is 0 Å². The largest absolute Gasteiger partial charge is 0.361 e. The van der Waals surface area contributed by atoms with Crippen molar-refractivity contribution < 1.29 is 9.53 Å². The normalized spacial score (nSPS) is 23.7. The molecule has 6 heteroatoms. The molecular formula is C26H26ClN3O2. The van der Waals surface area contributed by atoms with E-state index in [9.17, 15) is 4.79 Å². The molecule has 32 heavy (non-hydrogen) atoms. The van der Waals surface area contributed by atoms with Crippen molar-refractivity contribution in [2.24, 2.45) is 0 Å². The van der Waals surface area contributed by atoms with E-state index in [4.69, 9.17) is 16.3 Å². The minimum absolute atomic E-state index is 0.0649. The van der Waals surface area contributed by atoms with Crippen LogP contribution >= 0.6 is 11.6 Å². The van der Waals surface area contributed by atoms with Gasteiger partial charge < -0.3 is 9.64 Å². The third kappa shape index (κ3) is 4.16. The number of amides is 1. The second-order valence-corrected chi connectivity index (χ2v) is 9.03. The van der Waals surface area contributed by atoms with Gasteiger partial charge in [-0.05, 0) is 34.9 Å². The van der Waals surface area contributed by atoms with E-state index in [1.165, 1.54) is 0 Å². The zero-order valence-electron chi connectivity index (χ0n) is 17.9. The van der Waals surface area contributed by atoms with Crippen molar-refractivity contribution >= 4 is 17.5 Å². The Balaban J connectivity index is 1.45. The molecule has 2 atom stereocenters. The number of hydrogen-bond acceptors (Lipinski definition) is 4. The summed E-state index contributed by atoms with van der Waals surface area (Å²) in [6.45, 7) is 3.71. The molecule has 2 aliphatic rings. The lowest BCUT2D eigenvalue weighted by Gasteiger charge is -2.42. The molecule has 0 saturated carbocycles. The molecule has 0 bridgehead atoms. The van der Waals surface area contributed by atoms with E-state index in [0.717, 1.165) is 28.3 Å². The van der Waals surface area contributed by atoms with E-state index in [2.05, 4.69) is 34.1 Å². The van der Waals surface area contributed by atoms with E-state index in [0.29, 0.717) is 32.8 Å². The summed E-state index contributed by atoms with van der Waals surface area (Å²) in [5.41, 5.74) is 2.39. The lowest BCUT2D eigenvalue weighted by molar-refractivity contribution is -0.173. The monoisotopic (exact) mass is 447 g/mol. The van der Waals surface area contributed by atoms with Crippen LogP contribution in [0.1, 0.15) is 22.6 Å². The number of ether oxygens (including phenoxy) is 1. The van der Waals surface area contributed by atoms with Gasteiger partial charge in [0.1, 0.15) is 0 Å². The first-order valence-electron chi connectivity index (χ1n) is 11.0. The fourth-order valence-electron chi connectivity index (χ4n) is 4.97. The van der Waals surface area contributed by atoms with Crippen LogP contribution in [0.5, 0.6) is 0 Å². The van der Waals surface area contributed by atoms with Crippen molar-refractivity contribution in [3.8, 4) is 0 Å². The molecule has 0 aliphatic carbocycles. The highest BCUT2D eigenvalue weighted by Crippen LogP contribution is 2.42. The van der Waals surface area contributed by atoms with Crippen molar-refractivity contribution in [2.45, 2.75) is 24.6 Å². The molecule has 1 aromatic heterocycles. The van der Waals surface area contributed by atoms with E-state index in [-0.39, 0.29) is 11.8 Å². The number of rotatable bonds is 5. The molecule has 1 amide bonds. The van der Waals surface area contributed by atoms with E-state index in [1.54, 1.807) is 6.20 Å². The van der Waals surface area contributed by atoms with Gasteiger partial charge in [0.25, 0.3) is 5.91 Å². The number of carbonyl (C=O) groups excluding carboxylic acids is 1. The predicted octanol–water partition coefficient (Wildman–Crippen LogP) is 4.13. The number of benzene rings is 2. The number of pyridine rings is 1. The van der Waals surface area contributed by atoms with Crippen LogP contribution in [0.3, 0.4) is 0 Å². The lowest BCUT2D eigenvalue weighted by Crippen LogP contribution is -2.59. The molecule has 1 spiro atoms. The average Bonchev–Trinajstić information content (AvgIpc) is 3.17. The number of aromatic nitrogens is 1. The number of halogens is 1. The second kappa shape index (κ2) is 9.02. The van der Waals surface area contributed by atoms with Crippen molar-refractivity contribution in [1.82, 2.24) is 14.8 Å². The highest BCUT2D eigenvalue weighted by Gasteiger charge is 2.56. The van der Waals surface area contributed by atoms with Crippen LogP contribution in [-0.2, 0) is 22.6 Å². The maximum absolute atomic E-state index is 13.9. The summed E-state index contributed by atoms with van der Waals surface area (Å²) in [7, 11) is 0. The van der Waals surface area contributed by atoms with E-state index < -0.39 is 5.60 Å². The average molecular weight is 448 g/mol. The van der Waals surface area contributed by atoms with Crippen LogP contribution < -0.4 is 0 Å². The number of likely N-dealkylation sites (tertiary alicyclic amines) is 1. The molecule has 5 nitrogen and oxygen atoms in total. The Morgan fingerprint density at radius 1 is 1.03 bits per heavy atom. The van der Waals surface area contributed by atoms with E-state index in [1.807, 2.05) is 53.6 Å². The Bertz CT molecular complexity index is 1080. The van der Waals surface area contributed by atoms with Gasteiger partial charge in [-0.2, -0.15) is 0 Å². The standard InChI is InChI=1S/C26H26ClN3O2/c27-23-10-4-8-21(14-23)16-29-18-24(22-9-5-11-28-15-22)26(19-29)25(31)30(12-13-32-26)17-20-6-2-1-3-7-20/h1-11,14-15,24H,12-13,16-19H2/t24-,26-/m0/s1. The molecule has 3 heterocycles.